The minimum absolute atomic E-state index is 1.17. The molecular weight excluding hydrogens is 188 g/mol. The maximum atomic E-state index is 3.21. The highest BCUT2D eigenvalue weighted by Gasteiger charge is 1.98. The van der Waals surface area contributed by atoms with Gasteiger partial charge >= 0.3 is 0 Å². The SMILES string of the molecule is Cc1ccccc1Sc1[c]cccc1. The molecule has 0 aliphatic heterocycles. The Bertz CT molecular complexity index is 407. The van der Waals surface area contributed by atoms with E-state index < -0.39 is 0 Å². The summed E-state index contributed by atoms with van der Waals surface area (Å²) in [6, 6.07) is 19.7. The van der Waals surface area contributed by atoms with Crippen molar-refractivity contribution in [2.45, 2.75) is 16.7 Å². The van der Waals surface area contributed by atoms with Crippen molar-refractivity contribution in [3.63, 3.8) is 0 Å². The van der Waals surface area contributed by atoms with Gasteiger partial charge in [-0.3, -0.25) is 0 Å². The first-order chi connectivity index (χ1) is 6.86. The molecule has 0 aliphatic carbocycles. The van der Waals surface area contributed by atoms with Gasteiger partial charge in [0.15, 0.2) is 0 Å². The van der Waals surface area contributed by atoms with Crippen molar-refractivity contribution in [1.82, 2.24) is 0 Å². The third-order valence-electron chi connectivity index (χ3n) is 1.99. The summed E-state index contributed by atoms with van der Waals surface area (Å²) in [7, 11) is 0. The van der Waals surface area contributed by atoms with Crippen molar-refractivity contribution in [3.05, 3.63) is 60.2 Å². The standard InChI is InChI=1S/C13H11S/c1-11-7-5-6-10-13(11)14-12-8-3-2-4-9-12/h2-8,10H,1H3. The number of hydrogen-bond donors (Lipinski definition) is 0. The molecule has 0 atom stereocenters. The van der Waals surface area contributed by atoms with Crippen LogP contribution in [0.5, 0.6) is 0 Å². The fraction of sp³-hybridized carbons (Fsp3) is 0.0769. The molecule has 69 valence electrons. The van der Waals surface area contributed by atoms with E-state index in [0.717, 1.165) is 0 Å². The van der Waals surface area contributed by atoms with E-state index >= 15 is 0 Å². The van der Waals surface area contributed by atoms with E-state index in [-0.39, 0.29) is 0 Å². The summed E-state index contributed by atoms with van der Waals surface area (Å²) in [5.41, 5.74) is 1.31. The van der Waals surface area contributed by atoms with Crippen LogP contribution in [0.3, 0.4) is 0 Å². The highest BCUT2D eigenvalue weighted by Crippen LogP contribution is 2.29. The van der Waals surface area contributed by atoms with Gasteiger partial charge in [0.25, 0.3) is 0 Å². The smallest absolute Gasteiger partial charge is 0.0201 e. The van der Waals surface area contributed by atoms with Crippen molar-refractivity contribution in [2.24, 2.45) is 0 Å². The van der Waals surface area contributed by atoms with Gasteiger partial charge in [-0.2, -0.15) is 0 Å². The molecule has 0 N–H and O–H groups in total. The van der Waals surface area contributed by atoms with Crippen molar-refractivity contribution in [3.8, 4) is 0 Å². The average molecular weight is 199 g/mol. The van der Waals surface area contributed by atoms with Crippen LogP contribution < -0.4 is 0 Å². The maximum absolute atomic E-state index is 3.21. The minimum Gasteiger partial charge on any atom is -0.0892 e. The Morgan fingerprint density at radius 2 is 1.79 bits per heavy atom. The summed E-state index contributed by atoms with van der Waals surface area (Å²) in [5, 5.41) is 0. The predicted octanol–water partition coefficient (Wildman–Crippen LogP) is 3.95. The van der Waals surface area contributed by atoms with Gasteiger partial charge in [0.1, 0.15) is 0 Å². The summed E-state index contributed by atoms with van der Waals surface area (Å²) in [4.78, 5) is 2.47. The predicted molar refractivity (Wildman–Crippen MR) is 60.6 cm³/mol. The van der Waals surface area contributed by atoms with Crippen LogP contribution in [0.1, 0.15) is 5.56 Å². The molecule has 1 heteroatoms. The van der Waals surface area contributed by atoms with Crippen molar-refractivity contribution >= 4 is 11.8 Å². The maximum Gasteiger partial charge on any atom is 0.0201 e. The Morgan fingerprint density at radius 3 is 2.50 bits per heavy atom. The van der Waals surface area contributed by atoms with E-state index in [9.17, 15) is 0 Å². The van der Waals surface area contributed by atoms with Crippen LogP contribution in [0, 0.1) is 13.0 Å². The zero-order valence-corrected chi connectivity index (χ0v) is 8.84. The molecular formula is C13H11S. The van der Waals surface area contributed by atoms with Gasteiger partial charge in [0.2, 0.25) is 0 Å². The van der Waals surface area contributed by atoms with Crippen LogP contribution in [-0.2, 0) is 0 Å². The monoisotopic (exact) mass is 199 g/mol. The third kappa shape index (κ3) is 2.18. The molecule has 0 amide bonds. The fourth-order valence-corrected chi connectivity index (χ4v) is 2.12. The van der Waals surface area contributed by atoms with E-state index in [0.29, 0.717) is 0 Å². The van der Waals surface area contributed by atoms with E-state index in [2.05, 4.69) is 43.3 Å². The Kier molecular flexibility index (Phi) is 2.90. The Balaban J connectivity index is 2.24. The zero-order chi connectivity index (χ0) is 9.80. The Morgan fingerprint density at radius 1 is 1.00 bits per heavy atom. The largest absolute Gasteiger partial charge is 0.0892 e. The lowest BCUT2D eigenvalue weighted by atomic mass is 10.2. The number of rotatable bonds is 2. The molecule has 0 heterocycles. The van der Waals surface area contributed by atoms with Gasteiger partial charge in [-0.05, 0) is 30.7 Å². The third-order valence-corrected chi connectivity index (χ3v) is 3.15. The molecule has 1 radical (unpaired) electrons. The number of benzene rings is 2. The number of aryl methyl sites for hydroxylation is 1. The molecule has 0 unspecified atom stereocenters. The van der Waals surface area contributed by atoms with Crippen LogP contribution >= 0.6 is 11.8 Å². The lowest BCUT2D eigenvalue weighted by Gasteiger charge is -2.03. The normalized spacial score (nSPS) is 10.1. The number of hydrogen-bond acceptors (Lipinski definition) is 1. The second-order valence-electron chi connectivity index (χ2n) is 3.09. The highest BCUT2D eigenvalue weighted by molar-refractivity contribution is 7.99. The average Bonchev–Trinajstić information content (AvgIpc) is 2.23. The first-order valence-electron chi connectivity index (χ1n) is 4.56. The van der Waals surface area contributed by atoms with E-state index in [1.165, 1.54) is 15.4 Å². The van der Waals surface area contributed by atoms with Gasteiger partial charge in [-0.25, -0.2) is 0 Å². The first-order valence-corrected chi connectivity index (χ1v) is 5.38. The van der Waals surface area contributed by atoms with E-state index in [1.54, 1.807) is 11.8 Å². The molecule has 2 rings (SSSR count). The molecule has 0 spiro atoms. The minimum atomic E-state index is 1.17. The van der Waals surface area contributed by atoms with Gasteiger partial charge in [0, 0.05) is 9.79 Å². The van der Waals surface area contributed by atoms with Crippen molar-refractivity contribution in [2.75, 3.05) is 0 Å². The fourth-order valence-electron chi connectivity index (χ4n) is 1.23. The van der Waals surface area contributed by atoms with Gasteiger partial charge < -0.3 is 0 Å². The Hall–Kier alpha value is -1.21. The summed E-state index contributed by atoms with van der Waals surface area (Å²) in [5.74, 6) is 0. The highest BCUT2D eigenvalue weighted by atomic mass is 32.2. The molecule has 14 heavy (non-hydrogen) atoms. The summed E-state index contributed by atoms with van der Waals surface area (Å²) >= 11 is 1.76. The molecule has 2 aromatic rings. The summed E-state index contributed by atoms with van der Waals surface area (Å²) < 4.78 is 0. The van der Waals surface area contributed by atoms with Gasteiger partial charge in [-0.15, -0.1) is 0 Å². The molecule has 0 saturated carbocycles. The molecule has 0 fully saturated rings. The second kappa shape index (κ2) is 4.34. The lowest BCUT2D eigenvalue weighted by molar-refractivity contribution is 1.29. The van der Waals surface area contributed by atoms with Crippen LogP contribution in [0.2, 0.25) is 0 Å². The quantitative estimate of drug-likeness (QED) is 0.705. The van der Waals surface area contributed by atoms with Crippen LogP contribution in [0.15, 0.2) is 58.3 Å². The van der Waals surface area contributed by atoms with Crippen molar-refractivity contribution in [1.29, 1.82) is 0 Å². The van der Waals surface area contributed by atoms with Crippen molar-refractivity contribution < 1.29 is 0 Å². The zero-order valence-electron chi connectivity index (χ0n) is 8.03. The molecule has 0 saturated heterocycles. The molecule has 2 aromatic carbocycles. The Labute approximate surface area is 89.0 Å². The van der Waals surface area contributed by atoms with Crippen LogP contribution in [0.25, 0.3) is 0 Å². The molecule has 0 nitrogen and oxygen atoms in total. The lowest BCUT2D eigenvalue weighted by Crippen LogP contribution is -1.78. The first kappa shape index (κ1) is 9.35. The van der Waals surface area contributed by atoms with Crippen LogP contribution in [-0.4, -0.2) is 0 Å². The van der Waals surface area contributed by atoms with Gasteiger partial charge in [-0.1, -0.05) is 48.2 Å². The van der Waals surface area contributed by atoms with E-state index in [4.69, 9.17) is 0 Å². The molecule has 0 aliphatic rings. The van der Waals surface area contributed by atoms with Gasteiger partial charge in [0.05, 0.1) is 0 Å². The summed E-state index contributed by atoms with van der Waals surface area (Å²) in [6.45, 7) is 2.13. The van der Waals surface area contributed by atoms with Crippen LogP contribution in [0.4, 0.5) is 0 Å². The summed E-state index contributed by atoms with van der Waals surface area (Å²) in [6.07, 6.45) is 0. The van der Waals surface area contributed by atoms with E-state index in [1.807, 2.05) is 18.2 Å². The molecule has 0 aromatic heterocycles. The second-order valence-corrected chi connectivity index (χ2v) is 4.18. The topological polar surface area (TPSA) is 0 Å². The molecule has 0 bridgehead atoms.